The van der Waals surface area contributed by atoms with Crippen molar-refractivity contribution in [3.63, 3.8) is 0 Å². The molecule has 0 aromatic heterocycles. The minimum atomic E-state index is -0.643. The summed E-state index contributed by atoms with van der Waals surface area (Å²) in [6.45, 7) is 5.82. The summed E-state index contributed by atoms with van der Waals surface area (Å²) in [5.41, 5.74) is 6.91. The Kier molecular flexibility index (Phi) is 4.10. The highest BCUT2D eigenvalue weighted by Crippen LogP contribution is 2.27. The lowest BCUT2D eigenvalue weighted by Crippen LogP contribution is -2.46. The van der Waals surface area contributed by atoms with Crippen LogP contribution in [0.2, 0.25) is 0 Å². The van der Waals surface area contributed by atoms with Crippen LogP contribution in [-0.4, -0.2) is 29.6 Å². The molecule has 1 aromatic carbocycles. The molecule has 0 aliphatic carbocycles. The molecule has 1 fully saturated rings. The molecule has 19 heavy (non-hydrogen) atoms. The fourth-order valence-corrected chi connectivity index (χ4v) is 2.52. The van der Waals surface area contributed by atoms with Crippen molar-refractivity contribution in [1.29, 1.82) is 0 Å². The number of rotatable bonds is 4. The number of nitrogens with two attached hydrogens (primary N) is 1. The quantitative estimate of drug-likeness (QED) is 0.846. The summed E-state index contributed by atoms with van der Waals surface area (Å²) in [4.78, 5) is 14.4. The second-order valence-electron chi connectivity index (χ2n) is 5.25. The van der Waals surface area contributed by atoms with Gasteiger partial charge in [-0.3, -0.25) is 4.79 Å². The molecule has 1 unspecified atom stereocenters. The van der Waals surface area contributed by atoms with Crippen molar-refractivity contribution in [3.05, 3.63) is 29.8 Å². The Hall–Kier alpha value is -1.55. The average molecular weight is 262 g/mol. The zero-order valence-electron chi connectivity index (χ0n) is 11.7. The summed E-state index contributed by atoms with van der Waals surface area (Å²) in [5.74, 6) is 0.0786. The number of nitrogens with zero attached hydrogens (tertiary/aromatic N) is 1. The first-order valence-electron chi connectivity index (χ1n) is 6.83. The van der Waals surface area contributed by atoms with Crippen LogP contribution in [0.5, 0.6) is 0 Å². The molecule has 4 nitrogen and oxygen atoms in total. The highest BCUT2D eigenvalue weighted by atomic mass is 16.5. The lowest BCUT2D eigenvalue weighted by molar-refractivity contribution is -0.151. The second kappa shape index (κ2) is 5.61. The van der Waals surface area contributed by atoms with Gasteiger partial charge in [0.1, 0.15) is 5.60 Å². The highest BCUT2D eigenvalue weighted by Gasteiger charge is 2.40. The summed E-state index contributed by atoms with van der Waals surface area (Å²) < 4.78 is 5.63. The van der Waals surface area contributed by atoms with Crippen LogP contribution in [0.1, 0.15) is 32.3 Å². The SMILES string of the molecule is CCN(Cc1cccc(N)c1)C(=O)C1(C)CCCO1. The van der Waals surface area contributed by atoms with Gasteiger partial charge in [0, 0.05) is 25.4 Å². The number of carbonyl (C=O) groups is 1. The van der Waals surface area contributed by atoms with Gasteiger partial charge in [0.25, 0.3) is 5.91 Å². The average Bonchev–Trinajstić information content (AvgIpc) is 2.83. The van der Waals surface area contributed by atoms with E-state index in [9.17, 15) is 4.79 Å². The number of hydrogen-bond acceptors (Lipinski definition) is 3. The third kappa shape index (κ3) is 3.07. The van der Waals surface area contributed by atoms with E-state index in [0.29, 0.717) is 19.7 Å². The fraction of sp³-hybridized carbons (Fsp3) is 0.533. The molecule has 1 heterocycles. The number of nitrogen functional groups attached to an aromatic ring is 1. The van der Waals surface area contributed by atoms with Crippen LogP contribution >= 0.6 is 0 Å². The third-order valence-corrected chi connectivity index (χ3v) is 3.66. The van der Waals surface area contributed by atoms with Gasteiger partial charge >= 0.3 is 0 Å². The maximum Gasteiger partial charge on any atom is 0.254 e. The van der Waals surface area contributed by atoms with Gasteiger partial charge in [-0.25, -0.2) is 0 Å². The molecule has 0 radical (unpaired) electrons. The fourth-order valence-electron chi connectivity index (χ4n) is 2.52. The van der Waals surface area contributed by atoms with Gasteiger partial charge in [-0.2, -0.15) is 0 Å². The van der Waals surface area contributed by atoms with Gasteiger partial charge < -0.3 is 15.4 Å². The van der Waals surface area contributed by atoms with Crippen molar-refractivity contribution < 1.29 is 9.53 Å². The zero-order chi connectivity index (χ0) is 13.9. The van der Waals surface area contributed by atoms with Gasteiger partial charge in [0.15, 0.2) is 0 Å². The third-order valence-electron chi connectivity index (χ3n) is 3.66. The van der Waals surface area contributed by atoms with E-state index in [4.69, 9.17) is 10.5 Å². The summed E-state index contributed by atoms with van der Waals surface area (Å²) >= 11 is 0. The van der Waals surface area contributed by atoms with Crippen LogP contribution in [-0.2, 0) is 16.1 Å². The van der Waals surface area contributed by atoms with Crippen molar-refractivity contribution in [1.82, 2.24) is 4.90 Å². The maximum atomic E-state index is 12.6. The van der Waals surface area contributed by atoms with E-state index in [0.717, 1.165) is 24.1 Å². The molecule has 1 aromatic rings. The van der Waals surface area contributed by atoms with E-state index in [1.165, 1.54) is 0 Å². The van der Waals surface area contributed by atoms with Crippen molar-refractivity contribution in [2.24, 2.45) is 0 Å². The molecule has 0 saturated carbocycles. The van der Waals surface area contributed by atoms with E-state index in [1.54, 1.807) is 0 Å². The Morgan fingerprint density at radius 2 is 2.32 bits per heavy atom. The molecule has 2 rings (SSSR count). The van der Waals surface area contributed by atoms with Crippen LogP contribution in [0.25, 0.3) is 0 Å². The lowest BCUT2D eigenvalue weighted by Gasteiger charge is -2.30. The molecule has 1 amide bonds. The van der Waals surface area contributed by atoms with Crippen LogP contribution in [0.15, 0.2) is 24.3 Å². The molecule has 1 saturated heterocycles. The molecule has 1 atom stereocenters. The number of hydrogen-bond donors (Lipinski definition) is 1. The van der Waals surface area contributed by atoms with Gasteiger partial charge in [0.05, 0.1) is 0 Å². The normalized spacial score (nSPS) is 22.4. The number of likely N-dealkylation sites (N-methyl/N-ethyl adjacent to an activating group) is 1. The smallest absolute Gasteiger partial charge is 0.254 e. The van der Waals surface area contributed by atoms with Crippen molar-refractivity contribution in [3.8, 4) is 0 Å². The first kappa shape index (κ1) is 13.9. The first-order valence-corrected chi connectivity index (χ1v) is 6.83. The molecule has 0 spiro atoms. The van der Waals surface area contributed by atoms with Crippen LogP contribution in [0.4, 0.5) is 5.69 Å². The molecular weight excluding hydrogens is 240 g/mol. The summed E-state index contributed by atoms with van der Waals surface area (Å²) in [7, 11) is 0. The number of amides is 1. The highest BCUT2D eigenvalue weighted by molar-refractivity contribution is 5.85. The molecule has 1 aliphatic heterocycles. The van der Waals surface area contributed by atoms with Gasteiger partial charge in [-0.15, -0.1) is 0 Å². The molecule has 1 aliphatic rings. The minimum Gasteiger partial charge on any atom is -0.399 e. The summed E-state index contributed by atoms with van der Waals surface area (Å²) in [6.07, 6.45) is 1.76. The predicted molar refractivity (Wildman–Crippen MR) is 75.5 cm³/mol. The zero-order valence-corrected chi connectivity index (χ0v) is 11.7. The monoisotopic (exact) mass is 262 g/mol. The van der Waals surface area contributed by atoms with Crippen LogP contribution in [0.3, 0.4) is 0 Å². The Morgan fingerprint density at radius 3 is 2.89 bits per heavy atom. The van der Waals surface area contributed by atoms with Crippen molar-refractivity contribution in [2.45, 2.75) is 38.8 Å². The Labute approximate surface area is 114 Å². The first-order chi connectivity index (χ1) is 9.05. The largest absolute Gasteiger partial charge is 0.399 e. The molecule has 4 heteroatoms. The summed E-state index contributed by atoms with van der Waals surface area (Å²) in [6, 6.07) is 7.66. The van der Waals surface area contributed by atoms with Crippen molar-refractivity contribution in [2.75, 3.05) is 18.9 Å². The molecular formula is C15H22N2O2. The lowest BCUT2D eigenvalue weighted by atomic mass is 10.0. The Morgan fingerprint density at radius 1 is 1.53 bits per heavy atom. The van der Waals surface area contributed by atoms with Gasteiger partial charge in [-0.1, -0.05) is 12.1 Å². The number of benzene rings is 1. The standard InChI is InChI=1S/C15H22N2O2/c1-3-17(11-12-6-4-7-13(16)10-12)14(18)15(2)8-5-9-19-15/h4,6-7,10H,3,5,8-9,11,16H2,1-2H3. The minimum absolute atomic E-state index is 0.0786. The van der Waals surface area contributed by atoms with E-state index in [2.05, 4.69) is 0 Å². The van der Waals surface area contributed by atoms with Gasteiger partial charge in [0.2, 0.25) is 0 Å². The summed E-state index contributed by atoms with van der Waals surface area (Å²) in [5, 5.41) is 0. The van der Waals surface area contributed by atoms with E-state index in [-0.39, 0.29) is 5.91 Å². The van der Waals surface area contributed by atoms with E-state index >= 15 is 0 Å². The van der Waals surface area contributed by atoms with Crippen molar-refractivity contribution >= 4 is 11.6 Å². The Bertz CT molecular complexity index is 453. The second-order valence-corrected chi connectivity index (χ2v) is 5.25. The van der Waals surface area contributed by atoms with Crippen LogP contribution < -0.4 is 5.73 Å². The number of ether oxygens (including phenoxy) is 1. The molecule has 104 valence electrons. The predicted octanol–water partition coefficient (Wildman–Crippen LogP) is 2.19. The number of carbonyl (C=O) groups excluding carboxylic acids is 1. The number of anilines is 1. The molecule has 2 N–H and O–H groups in total. The van der Waals surface area contributed by atoms with Gasteiger partial charge in [-0.05, 0) is 44.4 Å². The van der Waals surface area contributed by atoms with Crippen LogP contribution in [0, 0.1) is 0 Å². The Balaban J connectivity index is 2.10. The topological polar surface area (TPSA) is 55.6 Å². The molecule has 0 bridgehead atoms. The van der Waals surface area contributed by atoms with E-state index in [1.807, 2.05) is 43.0 Å². The van der Waals surface area contributed by atoms with E-state index < -0.39 is 5.60 Å². The maximum absolute atomic E-state index is 12.6.